The number of rotatable bonds is 7. The molecule has 2 aromatic rings. The van der Waals surface area contributed by atoms with Crippen molar-refractivity contribution in [3.05, 3.63) is 48.3 Å². The second-order valence-corrected chi connectivity index (χ2v) is 6.25. The van der Waals surface area contributed by atoms with Crippen molar-refractivity contribution >= 4 is 28.9 Å². The van der Waals surface area contributed by atoms with E-state index in [0.29, 0.717) is 18.2 Å². The first-order valence-corrected chi connectivity index (χ1v) is 8.33. The fourth-order valence-electron chi connectivity index (χ4n) is 2.17. The van der Waals surface area contributed by atoms with E-state index >= 15 is 0 Å². The van der Waals surface area contributed by atoms with Crippen molar-refractivity contribution in [1.29, 1.82) is 0 Å². The minimum atomic E-state index is -0.160. The van der Waals surface area contributed by atoms with Crippen LogP contribution in [0.15, 0.2) is 42.6 Å². The van der Waals surface area contributed by atoms with Gasteiger partial charge in [0.2, 0.25) is 5.91 Å². The molecule has 2 rings (SSSR count). The summed E-state index contributed by atoms with van der Waals surface area (Å²) in [5.41, 5.74) is 2.79. The summed E-state index contributed by atoms with van der Waals surface area (Å²) in [5.74, 6) is 0.288. The van der Waals surface area contributed by atoms with Gasteiger partial charge in [-0.15, -0.1) is 0 Å². The lowest BCUT2D eigenvalue weighted by molar-refractivity contribution is -0.114. The Balaban J connectivity index is 1.91. The highest BCUT2D eigenvalue weighted by atomic mass is 16.2. The second-order valence-electron chi connectivity index (χ2n) is 6.25. The number of nitrogens with zero attached hydrogens (tertiary/aromatic N) is 1. The molecule has 0 bridgehead atoms. The Morgan fingerprint density at radius 1 is 1.00 bits per heavy atom. The van der Waals surface area contributed by atoms with Gasteiger partial charge >= 0.3 is 0 Å². The number of nitrogens with one attached hydrogen (secondary N) is 3. The molecule has 0 spiro atoms. The molecule has 6 nitrogen and oxygen atoms in total. The quantitative estimate of drug-likeness (QED) is 0.720. The predicted molar refractivity (Wildman–Crippen MR) is 100 cm³/mol. The van der Waals surface area contributed by atoms with E-state index < -0.39 is 0 Å². The summed E-state index contributed by atoms with van der Waals surface area (Å²) in [5, 5.41) is 8.78. The van der Waals surface area contributed by atoms with Gasteiger partial charge in [-0.05, 0) is 48.7 Å². The molecule has 1 aromatic carbocycles. The Hall–Kier alpha value is -2.89. The van der Waals surface area contributed by atoms with Gasteiger partial charge in [0, 0.05) is 24.8 Å². The molecule has 0 atom stereocenters. The van der Waals surface area contributed by atoms with E-state index in [0.717, 1.165) is 23.5 Å². The van der Waals surface area contributed by atoms with Crippen molar-refractivity contribution in [3.8, 4) is 0 Å². The van der Waals surface area contributed by atoms with E-state index in [1.807, 2.05) is 30.3 Å². The number of hydrogen-bond donors (Lipinski definition) is 3. The van der Waals surface area contributed by atoms with Gasteiger partial charge in [0.05, 0.1) is 11.9 Å². The molecule has 3 N–H and O–H groups in total. The largest absolute Gasteiger partial charge is 0.354 e. The van der Waals surface area contributed by atoms with Crippen LogP contribution in [0.3, 0.4) is 0 Å². The molecule has 0 saturated heterocycles. The molecule has 6 heteroatoms. The first kappa shape index (κ1) is 18.4. The van der Waals surface area contributed by atoms with Gasteiger partial charge in [-0.1, -0.05) is 13.8 Å². The lowest BCUT2D eigenvalue weighted by Crippen LogP contribution is -2.26. The average Bonchev–Trinajstić information content (AvgIpc) is 2.56. The number of anilines is 3. The second kappa shape index (κ2) is 8.82. The molecule has 0 radical (unpaired) electrons. The average molecular weight is 340 g/mol. The maximum absolute atomic E-state index is 12.0. The highest BCUT2D eigenvalue weighted by Gasteiger charge is 2.07. The van der Waals surface area contributed by atoms with Crippen LogP contribution in [-0.2, 0) is 4.79 Å². The fourth-order valence-corrected chi connectivity index (χ4v) is 2.17. The van der Waals surface area contributed by atoms with Gasteiger partial charge in [-0.3, -0.25) is 9.59 Å². The summed E-state index contributed by atoms with van der Waals surface area (Å²) in [4.78, 5) is 27.2. The third-order valence-corrected chi connectivity index (χ3v) is 3.50. The molecule has 25 heavy (non-hydrogen) atoms. The summed E-state index contributed by atoms with van der Waals surface area (Å²) in [6.07, 6.45) is 2.57. The lowest BCUT2D eigenvalue weighted by Gasteiger charge is -2.09. The molecule has 0 aliphatic rings. The van der Waals surface area contributed by atoms with Crippen LogP contribution in [-0.4, -0.2) is 23.3 Å². The standard InChI is InChI=1S/C19H24N4O2/c1-13(2)10-11-20-19(25)18-9-8-17(12-21-18)23-16-6-4-15(5-7-16)22-14(3)24/h4-9,12-13,23H,10-11H2,1-3H3,(H,20,25)(H,22,24). The molecule has 132 valence electrons. The number of hydrogen-bond acceptors (Lipinski definition) is 4. The van der Waals surface area contributed by atoms with E-state index in [1.165, 1.54) is 6.92 Å². The molecule has 0 fully saturated rings. The summed E-state index contributed by atoms with van der Waals surface area (Å²) in [7, 11) is 0. The smallest absolute Gasteiger partial charge is 0.269 e. The number of carbonyl (C=O) groups excluding carboxylic acids is 2. The molecule has 1 heterocycles. The van der Waals surface area contributed by atoms with Crippen LogP contribution in [0.1, 0.15) is 37.7 Å². The highest BCUT2D eigenvalue weighted by Crippen LogP contribution is 2.18. The third-order valence-electron chi connectivity index (χ3n) is 3.50. The van der Waals surface area contributed by atoms with E-state index in [1.54, 1.807) is 12.3 Å². The number of pyridine rings is 1. The van der Waals surface area contributed by atoms with Crippen LogP contribution < -0.4 is 16.0 Å². The van der Waals surface area contributed by atoms with E-state index in [9.17, 15) is 9.59 Å². The van der Waals surface area contributed by atoms with Crippen LogP contribution >= 0.6 is 0 Å². The molecule has 0 saturated carbocycles. The first-order chi connectivity index (χ1) is 11.9. The first-order valence-electron chi connectivity index (χ1n) is 8.33. The maximum Gasteiger partial charge on any atom is 0.269 e. The Bertz CT molecular complexity index is 709. The normalized spacial score (nSPS) is 10.4. The van der Waals surface area contributed by atoms with Crippen LogP contribution in [0.2, 0.25) is 0 Å². The van der Waals surface area contributed by atoms with E-state index in [4.69, 9.17) is 0 Å². The van der Waals surface area contributed by atoms with Gasteiger partial charge in [-0.25, -0.2) is 4.98 Å². The summed E-state index contributed by atoms with van der Waals surface area (Å²) < 4.78 is 0. The van der Waals surface area contributed by atoms with Crippen molar-refractivity contribution < 1.29 is 9.59 Å². The topological polar surface area (TPSA) is 83.1 Å². The molecule has 0 aliphatic heterocycles. The van der Waals surface area contributed by atoms with Crippen LogP contribution in [0, 0.1) is 5.92 Å². The van der Waals surface area contributed by atoms with Crippen molar-refractivity contribution in [1.82, 2.24) is 10.3 Å². The zero-order chi connectivity index (χ0) is 18.2. The van der Waals surface area contributed by atoms with E-state index in [2.05, 4.69) is 34.8 Å². The Morgan fingerprint density at radius 3 is 2.20 bits per heavy atom. The molecular weight excluding hydrogens is 316 g/mol. The summed E-state index contributed by atoms with van der Waals surface area (Å²) in [6, 6.07) is 10.8. The lowest BCUT2D eigenvalue weighted by atomic mass is 10.1. The molecule has 2 amide bonds. The number of benzene rings is 1. The molecule has 1 aromatic heterocycles. The van der Waals surface area contributed by atoms with Gasteiger partial charge in [0.1, 0.15) is 5.69 Å². The van der Waals surface area contributed by atoms with Crippen LogP contribution in [0.5, 0.6) is 0 Å². The Kier molecular flexibility index (Phi) is 6.51. The molecule has 0 unspecified atom stereocenters. The highest BCUT2D eigenvalue weighted by molar-refractivity contribution is 5.92. The number of aromatic nitrogens is 1. The SMILES string of the molecule is CC(=O)Nc1ccc(Nc2ccc(C(=O)NCCC(C)C)nc2)cc1. The predicted octanol–water partition coefficient (Wildman–Crippen LogP) is 3.56. The minimum Gasteiger partial charge on any atom is -0.354 e. The fraction of sp³-hybridized carbons (Fsp3) is 0.316. The Morgan fingerprint density at radius 2 is 1.64 bits per heavy atom. The zero-order valence-corrected chi connectivity index (χ0v) is 14.8. The van der Waals surface area contributed by atoms with Crippen molar-refractivity contribution in [2.75, 3.05) is 17.2 Å². The number of carbonyl (C=O) groups is 2. The third kappa shape index (κ3) is 6.25. The van der Waals surface area contributed by atoms with Gasteiger partial charge in [-0.2, -0.15) is 0 Å². The van der Waals surface area contributed by atoms with E-state index in [-0.39, 0.29) is 11.8 Å². The molecule has 0 aliphatic carbocycles. The summed E-state index contributed by atoms with van der Waals surface area (Å²) in [6.45, 7) is 6.36. The van der Waals surface area contributed by atoms with Gasteiger partial charge in [0.15, 0.2) is 0 Å². The van der Waals surface area contributed by atoms with Crippen LogP contribution in [0.25, 0.3) is 0 Å². The van der Waals surface area contributed by atoms with Crippen molar-refractivity contribution in [3.63, 3.8) is 0 Å². The van der Waals surface area contributed by atoms with Gasteiger partial charge < -0.3 is 16.0 Å². The van der Waals surface area contributed by atoms with Crippen molar-refractivity contribution in [2.24, 2.45) is 5.92 Å². The zero-order valence-electron chi connectivity index (χ0n) is 14.8. The number of amides is 2. The van der Waals surface area contributed by atoms with Crippen molar-refractivity contribution in [2.45, 2.75) is 27.2 Å². The summed E-state index contributed by atoms with van der Waals surface area (Å²) >= 11 is 0. The Labute approximate surface area is 148 Å². The van der Waals surface area contributed by atoms with Gasteiger partial charge in [0.25, 0.3) is 5.91 Å². The minimum absolute atomic E-state index is 0.104. The van der Waals surface area contributed by atoms with Crippen LogP contribution in [0.4, 0.5) is 17.1 Å². The maximum atomic E-state index is 12.0. The molecular formula is C19H24N4O2. The monoisotopic (exact) mass is 340 g/mol.